The fourth-order valence-corrected chi connectivity index (χ4v) is 2.36. The normalized spacial score (nSPS) is 14.6. The zero-order valence-corrected chi connectivity index (χ0v) is 11.1. The third kappa shape index (κ3) is 2.80. The van der Waals surface area contributed by atoms with Crippen LogP contribution >= 0.6 is 0 Å². The molecule has 1 N–H and O–H groups in total. The highest BCUT2D eigenvalue weighted by Crippen LogP contribution is 2.40. The van der Waals surface area contributed by atoms with Crippen molar-refractivity contribution in [3.05, 3.63) is 70.8 Å². The molecule has 1 saturated carbocycles. The number of rotatable bonds is 4. The fraction of sp³-hybridized carbons (Fsp3) is 0.167. The first kappa shape index (κ1) is 12.7. The van der Waals surface area contributed by atoms with Gasteiger partial charge in [0.1, 0.15) is 0 Å². The summed E-state index contributed by atoms with van der Waals surface area (Å²) in [5.74, 6) is -0.161. The monoisotopic (exact) mass is 264 g/mol. The van der Waals surface area contributed by atoms with Gasteiger partial charge in [0, 0.05) is 0 Å². The van der Waals surface area contributed by atoms with E-state index in [9.17, 15) is 4.79 Å². The lowest BCUT2D eigenvalue weighted by atomic mass is 10.0. The molecule has 3 rings (SSSR count). The highest BCUT2D eigenvalue weighted by Gasteiger charge is 2.23. The van der Waals surface area contributed by atoms with Crippen LogP contribution in [-0.4, -0.2) is 11.1 Å². The van der Waals surface area contributed by atoms with Crippen molar-refractivity contribution in [1.82, 2.24) is 0 Å². The second-order valence-corrected chi connectivity index (χ2v) is 5.17. The quantitative estimate of drug-likeness (QED) is 0.829. The summed E-state index contributed by atoms with van der Waals surface area (Å²) in [4.78, 5) is 11.2. The number of aromatic carboxylic acids is 1. The van der Waals surface area contributed by atoms with Gasteiger partial charge in [-0.15, -0.1) is 0 Å². The molecule has 2 aromatic rings. The van der Waals surface area contributed by atoms with E-state index >= 15 is 0 Å². The molecule has 0 radical (unpaired) electrons. The highest BCUT2D eigenvalue weighted by atomic mass is 16.4. The summed E-state index contributed by atoms with van der Waals surface area (Å²) < 4.78 is 0. The summed E-state index contributed by atoms with van der Waals surface area (Å²) >= 11 is 0. The molecule has 0 aromatic heterocycles. The minimum atomic E-state index is -0.892. The van der Waals surface area contributed by atoms with Crippen LogP contribution in [-0.2, 0) is 0 Å². The molecule has 0 amide bonds. The highest BCUT2D eigenvalue weighted by molar-refractivity contribution is 5.93. The molecule has 1 fully saturated rings. The Morgan fingerprint density at radius 1 is 1.05 bits per heavy atom. The van der Waals surface area contributed by atoms with Gasteiger partial charge in [-0.25, -0.2) is 4.79 Å². The summed E-state index contributed by atoms with van der Waals surface area (Å²) in [6.45, 7) is 0. The van der Waals surface area contributed by atoms with Crippen LogP contribution in [0.1, 0.15) is 45.8 Å². The SMILES string of the molecule is O=C(O)c1ccccc1C=Cc1cccc(C2CC2)c1. The first-order valence-corrected chi connectivity index (χ1v) is 6.84. The molecule has 0 unspecified atom stereocenters. The largest absolute Gasteiger partial charge is 0.478 e. The molecule has 0 spiro atoms. The molecule has 2 heteroatoms. The van der Waals surface area contributed by atoms with Crippen LogP contribution < -0.4 is 0 Å². The fourth-order valence-electron chi connectivity index (χ4n) is 2.36. The van der Waals surface area contributed by atoms with Gasteiger partial charge in [0.15, 0.2) is 0 Å². The molecule has 20 heavy (non-hydrogen) atoms. The lowest BCUT2D eigenvalue weighted by Gasteiger charge is -2.02. The molecular weight excluding hydrogens is 248 g/mol. The minimum absolute atomic E-state index is 0.335. The van der Waals surface area contributed by atoms with Crippen LogP contribution in [0.15, 0.2) is 48.5 Å². The van der Waals surface area contributed by atoms with Crippen molar-refractivity contribution in [2.24, 2.45) is 0 Å². The number of carbonyl (C=O) groups is 1. The van der Waals surface area contributed by atoms with E-state index in [1.807, 2.05) is 30.4 Å². The molecule has 1 aliphatic rings. The minimum Gasteiger partial charge on any atom is -0.478 e. The van der Waals surface area contributed by atoms with Crippen molar-refractivity contribution >= 4 is 18.1 Å². The van der Waals surface area contributed by atoms with Gasteiger partial charge in [0.2, 0.25) is 0 Å². The van der Waals surface area contributed by atoms with Gasteiger partial charge in [-0.2, -0.15) is 0 Å². The van der Waals surface area contributed by atoms with Crippen LogP contribution in [0.3, 0.4) is 0 Å². The van der Waals surface area contributed by atoms with Gasteiger partial charge in [0.25, 0.3) is 0 Å². The van der Waals surface area contributed by atoms with Crippen LogP contribution in [0.2, 0.25) is 0 Å². The van der Waals surface area contributed by atoms with Crippen LogP contribution in [0.25, 0.3) is 12.2 Å². The van der Waals surface area contributed by atoms with Gasteiger partial charge in [-0.3, -0.25) is 0 Å². The lowest BCUT2D eigenvalue weighted by molar-refractivity contribution is 0.0696. The van der Waals surface area contributed by atoms with Gasteiger partial charge in [0.05, 0.1) is 5.56 Å². The van der Waals surface area contributed by atoms with Crippen LogP contribution in [0.5, 0.6) is 0 Å². The second-order valence-electron chi connectivity index (χ2n) is 5.17. The van der Waals surface area contributed by atoms with Crippen molar-refractivity contribution in [2.75, 3.05) is 0 Å². The lowest BCUT2D eigenvalue weighted by Crippen LogP contribution is -1.98. The van der Waals surface area contributed by atoms with Crippen molar-refractivity contribution in [1.29, 1.82) is 0 Å². The predicted octanol–water partition coefficient (Wildman–Crippen LogP) is 4.43. The van der Waals surface area contributed by atoms with Gasteiger partial charge in [-0.1, -0.05) is 54.6 Å². The Morgan fingerprint density at radius 3 is 2.60 bits per heavy atom. The molecule has 0 heterocycles. The maximum Gasteiger partial charge on any atom is 0.336 e. The maximum absolute atomic E-state index is 11.2. The predicted molar refractivity (Wildman–Crippen MR) is 80.7 cm³/mol. The Hall–Kier alpha value is -2.35. The van der Waals surface area contributed by atoms with E-state index in [4.69, 9.17) is 5.11 Å². The van der Waals surface area contributed by atoms with E-state index in [2.05, 4.69) is 18.2 Å². The zero-order valence-electron chi connectivity index (χ0n) is 11.1. The van der Waals surface area contributed by atoms with Crippen molar-refractivity contribution in [3.8, 4) is 0 Å². The number of hydrogen-bond acceptors (Lipinski definition) is 1. The first-order valence-electron chi connectivity index (χ1n) is 6.84. The summed E-state index contributed by atoms with van der Waals surface area (Å²) in [5.41, 5.74) is 3.58. The van der Waals surface area contributed by atoms with Gasteiger partial charge >= 0.3 is 5.97 Å². The average Bonchev–Trinajstić information content (AvgIpc) is 3.30. The summed E-state index contributed by atoms with van der Waals surface area (Å²) in [7, 11) is 0. The number of benzene rings is 2. The maximum atomic E-state index is 11.2. The first-order chi connectivity index (χ1) is 9.74. The van der Waals surface area contributed by atoms with Gasteiger partial charge in [-0.05, 0) is 41.5 Å². The summed E-state index contributed by atoms with van der Waals surface area (Å²) in [6.07, 6.45) is 6.42. The van der Waals surface area contributed by atoms with E-state index in [-0.39, 0.29) is 0 Å². The Labute approximate surface area is 118 Å². The summed E-state index contributed by atoms with van der Waals surface area (Å²) in [6, 6.07) is 15.5. The van der Waals surface area contributed by atoms with Crippen molar-refractivity contribution in [3.63, 3.8) is 0 Å². The number of carboxylic acids is 1. The third-order valence-electron chi connectivity index (χ3n) is 3.61. The molecule has 0 aliphatic heterocycles. The van der Waals surface area contributed by atoms with E-state index in [1.165, 1.54) is 18.4 Å². The molecule has 100 valence electrons. The molecule has 0 bridgehead atoms. The molecule has 0 atom stereocenters. The zero-order chi connectivity index (χ0) is 13.9. The number of hydrogen-bond donors (Lipinski definition) is 1. The van der Waals surface area contributed by atoms with Crippen molar-refractivity contribution in [2.45, 2.75) is 18.8 Å². The van der Waals surface area contributed by atoms with Gasteiger partial charge < -0.3 is 5.11 Å². The topological polar surface area (TPSA) is 37.3 Å². The molecular formula is C18H16O2. The Bertz CT molecular complexity index is 667. The second kappa shape index (κ2) is 5.33. The van der Waals surface area contributed by atoms with E-state index in [0.29, 0.717) is 5.56 Å². The molecule has 1 aliphatic carbocycles. The van der Waals surface area contributed by atoms with Crippen molar-refractivity contribution < 1.29 is 9.90 Å². The molecule has 2 aromatic carbocycles. The van der Waals surface area contributed by atoms with E-state index in [0.717, 1.165) is 17.0 Å². The van der Waals surface area contributed by atoms with E-state index < -0.39 is 5.97 Å². The smallest absolute Gasteiger partial charge is 0.336 e. The molecule has 2 nitrogen and oxygen atoms in total. The molecule has 0 saturated heterocycles. The van der Waals surface area contributed by atoms with E-state index in [1.54, 1.807) is 12.1 Å². The Balaban J connectivity index is 1.87. The Kier molecular flexibility index (Phi) is 3.38. The van der Waals surface area contributed by atoms with Crippen LogP contribution in [0.4, 0.5) is 0 Å². The van der Waals surface area contributed by atoms with Crippen LogP contribution in [0, 0.1) is 0 Å². The standard InChI is InChI=1S/C18H16O2/c19-18(20)17-7-2-1-5-15(17)9-8-13-4-3-6-16(12-13)14-10-11-14/h1-9,12,14H,10-11H2,(H,19,20). The number of carboxylic acid groups (broad SMARTS) is 1. The summed E-state index contributed by atoms with van der Waals surface area (Å²) in [5, 5.41) is 9.15. The Morgan fingerprint density at radius 2 is 1.85 bits per heavy atom. The average molecular weight is 264 g/mol. The third-order valence-corrected chi connectivity index (χ3v) is 3.61.